The second-order valence-corrected chi connectivity index (χ2v) is 8.17. The molecular weight excluding hydrogens is 352 g/mol. The zero-order chi connectivity index (χ0) is 19.2. The molecule has 0 spiro atoms. The van der Waals surface area contributed by atoms with Crippen LogP contribution in [0.25, 0.3) is 0 Å². The number of carbonyl (C=O) groups is 1. The van der Waals surface area contributed by atoms with E-state index in [4.69, 9.17) is 4.74 Å². The maximum atomic E-state index is 12.2. The molecule has 0 saturated heterocycles. The van der Waals surface area contributed by atoms with E-state index < -0.39 is 10.0 Å². The number of nitrogens with one attached hydrogen (secondary N) is 1. The predicted octanol–water partition coefficient (Wildman–Crippen LogP) is 2.56. The van der Waals surface area contributed by atoms with Crippen LogP contribution in [0.1, 0.15) is 19.4 Å². The highest BCUT2D eigenvalue weighted by molar-refractivity contribution is 7.92. The standard InChI is InChI=1S/C19H24N2O4S/c1-15(2)20-19(22)14-25-18-11-9-17(10-12-18)21(26(3,23)24)13-16-7-5-4-6-8-16/h4-12,15H,13-14H2,1-3H3,(H,20,22). The summed E-state index contributed by atoms with van der Waals surface area (Å²) in [6.45, 7) is 3.91. The van der Waals surface area contributed by atoms with Crippen LogP contribution in [0.3, 0.4) is 0 Å². The number of hydrogen-bond acceptors (Lipinski definition) is 4. The molecule has 0 heterocycles. The van der Waals surface area contributed by atoms with Gasteiger partial charge < -0.3 is 10.1 Å². The molecule has 0 radical (unpaired) electrons. The summed E-state index contributed by atoms with van der Waals surface area (Å²) in [6.07, 6.45) is 1.18. The predicted molar refractivity (Wildman–Crippen MR) is 103 cm³/mol. The van der Waals surface area contributed by atoms with Crippen molar-refractivity contribution >= 4 is 21.6 Å². The van der Waals surface area contributed by atoms with Crippen LogP contribution < -0.4 is 14.4 Å². The molecule has 0 unspecified atom stereocenters. The van der Waals surface area contributed by atoms with Crippen LogP contribution in [0.2, 0.25) is 0 Å². The Hall–Kier alpha value is -2.54. The highest BCUT2D eigenvalue weighted by atomic mass is 32.2. The van der Waals surface area contributed by atoms with E-state index in [-0.39, 0.29) is 25.1 Å². The maximum absolute atomic E-state index is 12.2. The number of anilines is 1. The number of nitrogens with zero attached hydrogens (tertiary/aromatic N) is 1. The van der Waals surface area contributed by atoms with E-state index in [9.17, 15) is 13.2 Å². The Morgan fingerprint density at radius 1 is 1.08 bits per heavy atom. The van der Waals surface area contributed by atoms with E-state index in [1.54, 1.807) is 24.3 Å². The van der Waals surface area contributed by atoms with Gasteiger partial charge in [-0.25, -0.2) is 8.42 Å². The van der Waals surface area contributed by atoms with E-state index >= 15 is 0 Å². The zero-order valence-corrected chi connectivity index (χ0v) is 16.0. The van der Waals surface area contributed by atoms with Gasteiger partial charge in [0.2, 0.25) is 10.0 Å². The molecule has 2 aromatic carbocycles. The summed E-state index contributed by atoms with van der Waals surface area (Å²) >= 11 is 0. The first-order chi connectivity index (χ1) is 12.3. The van der Waals surface area contributed by atoms with Crippen molar-refractivity contribution in [1.29, 1.82) is 0 Å². The van der Waals surface area contributed by atoms with Gasteiger partial charge in [-0.05, 0) is 43.7 Å². The Morgan fingerprint density at radius 3 is 2.23 bits per heavy atom. The topological polar surface area (TPSA) is 75.7 Å². The fraction of sp³-hybridized carbons (Fsp3) is 0.316. The van der Waals surface area contributed by atoms with E-state index in [2.05, 4.69) is 5.32 Å². The molecular formula is C19H24N2O4S. The van der Waals surface area contributed by atoms with Gasteiger partial charge in [0.25, 0.3) is 5.91 Å². The number of sulfonamides is 1. The number of hydrogen-bond donors (Lipinski definition) is 1. The highest BCUT2D eigenvalue weighted by Gasteiger charge is 2.18. The van der Waals surface area contributed by atoms with Gasteiger partial charge >= 0.3 is 0 Å². The van der Waals surface area contributed by atoms with Crippen LogP contribution in [0, 0.1) is 0 Å². The third-order valence-corrected chi connectivity index (χ3v) is 4.65. The van der Waals surface area contributed by atoms with Gasteiger partial charge in [-0.2, -0.15) is 0 Å². The Labute approximate surface area is 154 Å². The Balaban J connectivity index is 2.09. The molecule has 2 aromatic rings. The van der Waals surface area contributed by atoms with Gasteiger partial charge in [-0.15, -0.1) is 0 Å². The van der Waals surface area contributed by atoms with Crippen LogP contribution in [0.15, 0.2) is 54.6 Å². The highest BCUT2D eigenvalue weighted by Crippen LogP contribution is 2.23. The van der Waals surface area contributed by atoms with Gasteiger partial charge in [0.1, 0.15) is 5.75 Å². The van der Waals surface area contributed by atoms with Crippen molar-refractivity contribution in [3.63, 3.8) is 0 Å². The lowest BCUT2D eigenvalue weighted by Gasteiger charge is -2.22. The lowest BCUT2D eigenvalue weighted by atomic mass is 10.2. The van der Waals surface area contributed by atoms with Crippen molar-refractivity contribution in [1.82, 2.24) is 5.32 Å². The van der Waals surface area contributed by atoms with Crippen molar-refractivity contribution in [2.75, 3.05) is 17.2 Å². The summed E-state index contributed by atoms with van der Waals surface area (Å²) in [5.74, 6) is 0.298. The molecule has 6 nitrogen and oxygen atoms in total. The minimum atomic E-state index is -3.44. The molecule has 0 bridgehead atoms. The monoisotopic (exact) mass is 376 g/mol. The van der Waals surface area contributed by atoms with E-state index in [1.807, 2.05) is 44.2 Å². The first-order valence-corrected chi connectivity index (χ1v) is 10.1. The Kier molecular flexibility index (Phi) is 6.63. The quantitative estimate of drug-likeness (QED) is 0.768. The third-order valence-electron chi connectivity index (χ3n) is 3.51. The number of benzene rings is 2. The molecule has 0 aliphatic heterocycles. The summed E-state index contributed by atoms with van der Waals surface area (Å²) in [6, 6.07) is 16.1. The number of amides is 1. The van der Waals surface area contributed by atoms with Crippen molar-refractivity contribution in [3.05, 3.63) is 60.2 Å². The van der Waals surface area contributed by atoms with Crippen molar-refractivity contribution in [2.45, 2.75) is 26.4 Å². The summed E-state index contributed by atoms with van der Waals surface area (Å²) < 4.78 is 31.1. The second kappa shape index (κ2) is 8.71. The Bertz CT molecular complexity index is 818. The minimum Gasteiger partial charge on any atom is -0.484 e. The van der Waals surface area contributed by atoms with Crippen molar-refractivity contribution in [2.24, 2.45) is 0 Å². The molecule has 0 aliphatic carbocycles. The number of carbonyl (C=O) groups excluding carboxylic acids is 1. The van der Waals surface area contributed by atoms with Crippen molar-refractivity contribution in [3.8, 4) is 5.75 Å². The molecule has 0 saturated carbocycles. The van der Waals surface area contributed by atoms with Gasteiger partial charge in [0, 0.05) is 6.04 Å². The average molecular weight is 376 g/mol. The summed E-state index contributed by atoms with van der Waals surface area (Å²) in [4.78, 5) is 11.6. The fourth-order valence-electron chi connectivity index (χ4n) is 2.37. The van der Waals surface area contributed by atoms with Gasteiger partial charge in [0.05, 0.1) is 18.5 Å². The molecule has 1 N–H and O–H groups in total. The van der Waals surface area contributed by atoms with Crippen molar-refractivity contribution < 1.29 is 17.9 Å². The molecule has 26 heavy (non-hydrogen) atoms. The van der Waals surface area contributed by atoms with Gasteiger partial charge in [-0.1, -0.05) is 30.3 Å². The first-order valence-electron chi connectivity index (χ1n) is 8.29. The lowest BCUT2D eigenvalue weighted by Crippen LogP contribution is -2.34. The lowest BCUT2D eigenvalue weighted by molar-refractivity contribution is -0.123. The normalized spacial score (nSPS) is 11.2. The minimum absolute atomic E-state index is 0.0507. The largest absolute Gasteiger partial charge is 0.484 e. The van der Waals surface area contributed by atoms with Gasteiger partial charge in [0.15, 0.2) is 6.61 Å². The number of ether oxygens (including phenoxy) is 1. The summed E-state index contributed by atoms with van der Waals surface area (Å²) in [5.41, 5.74) is 1.43. The third kappa shape index (κ3) is 6.07. The van der Waals surface area contributed by atoms with E-state index in [0.29, 0.717) is 11.4 Å². The second-order valence-electron chi connectivity index (χ2n) is 6.26. The van der Waals surface area contributed by atoms with Crippen LogP contribution in [0.4, 0.5) is 5.69 Å². The van der Waals surface area contributed by atoms with Crippen LogP contribution in [0.5, 0.6) is 5.75 Å². The fourth-order valence-corrected chi connectivity index (χ4v) is 3.26. The molecule has 0 aliphatic rings. The van der Waals surface area contributed by atoms with E-state index in [0.717, 1.165) is 5.56 Å². The zero-order valence-electron chi connectivity index (χ0n) is 15.2. The SMILES string of the molecule is CC(C)NC(=O)COc1ccc(N(Cc2ccccc2)S(C)(=O)=O)cc1. The Morgan fingerprint density at radius 2 is 1.69 bits per heavy atom. The van der Waals surface area contributed by atoms with Crippen LogP contribution in [-0.2, 0) is 21.4 Å². The van der Waals surface area contributed by atoms with Crippen LogP contribution >= 0.6 is 0 Å². The first kappa shape index (κ1) is 19.8. The molecule has 1 amide bonds. The molecule has 140 valence electrons. The van der Waals surface area contributed by atoms with E-state index in [1.165, 1.54) is 10.6 Å². The maximum Gasteiger partial charge on any atom is 0.258 e. The smallest absolute Gasteiger partial charge is 0.258 e. The van der Waals surface area contributed by atoms with Gasteiger partial charge in [-0.3, -0.25) is 9.10 Å². The molecule has 7 heteroatoms. The molecule has 0 aromatic heterocycles. The summed E-state index contributed by atoms with van der Waals surface area (Å²) in [5, 5.41) is 2.74. The van der Waals surface area contributed by atoms with Crippen LogP contribution in [-0.4, -0.2) is 33.2 Å². The number of rotatable bonds is 8. The molecule has 0 atom stereocenters. The average Bonchev–Trinajstić information content (AvgIpc) is 2.58. The summed E-state index contributed by atoms with van der Waals surface area (Å²) in [7, 11) is -3.44. The molecule has 2 rings (SSSR count). The molecule has 0 fully saturated rings.